The molecule has 0 amide bonds. The molecule has 1 aromatic heterocycles. The third kappa shape index (κ3) is 3.45. The summed E-state index contributed by atoms with van der Waals surface area (Å²) in [6, 6.07) is 12.4. The topological polar surface area (TPSA) is 41.5 Å². The van der Waals surface area contributed by atoms with Crippen LogP contribution < -0.4 is 14.5 Å². The number of ether oxygens (including phenoxy) is 1. The van der Waals surface area contributed by atoms with Crippen molar-refractivity contribution in [3.8, 4) is 5.75 Å². The normalized spacial score (nSPS) is 15.5. The van der Waals surface area contributed by atoms with Crippen LogP contribution in [0.15, 0.2) is 36.4 Å². The second-order valence-electron chi connectivity index (χ2n) is 7.17. The van der Waals surface area contributed by atoms with Gasteiger partial charge in [0, 0.05) is 31.6 Å². The molecule has 2 heterocycles. The first-order chi connectivity index (χ1) is 11.5. The quantitative estimate of drug-likeness (QED) is 0.867. The first kappa shape index (κ1) is 16.6. The minimum Gasteiger partial charge on any atom is -0.495 e. The first-order valence-corrected chi connectivity index (χ1v) is 8.46. The third-order valence-corrected chi connectivity index (χ3v) is 4.45. The molecular formula is C19H26N4O. The molecule has 24 heavy (non-hydrogen) atoms. The van der Waals surface area contributed by atoms with Crippen molar-refractivity contribution in [2.75, 3.05) is 43.1 Å². The lowest BCUT2D eigenvalue weighted by Gasteiger charge is -2.37. The number of rotatable bonds is 3. The third-order valence-electron chi connectivity index (χ3n) is 4.45. The summed E-state index contributed by atoms with van der Waals surface area (Å²) in [7, 11) is 1.72. The molecule has 2 aromatic rings. The van der Waals surface area contributed by atoms with Gasteiger partial charge in [-0.15, -0.1) is 5.10 Å². The SMILES string of the molecule is COc1ccccc1N1CCN(c2ccc(C(C)(C)C)nn2)CC1. The molecule has 0 N–H and O–H groups in total. The summed E-state index contributed by atoms with van der Waals surface area (Å²) in [5.74, 6) is 1.89. The second kappa shape index (κ2) is 6.67. The molecule has 1 aromatic carbocycles. The molecule has 5 heteroatoms. The summed E-state index contributed by atoms with van der Waals surface area (Å²) >= 11 is 0. The van der Waals surface area contributed by atoms with E-state index in [2.05, 4.69) is 65.0 Å². The van der Waals surface area contributed by atoms with Crippen molar-refractivity contribution in [1.82, 2.24) is 10.2 Å². The van der Waals surface area contributed by atoms with Crippen LogP contribution in [0.25, 0.3) is 0 Å². The van der Waals surface area contributed by atoms with Crippen molar-refractivity contribution < 1.29 is 4.74 Å². The lowest BCUT2D eigenvalue weighted by Crippen LogP contribution is -2.47. The zero-order valence-electron chi connectivity index (χ0n) is 15.0. The van der Waals surface area contributed by atoms with Gasteiger partial charge in [-0.05, 0) is 24.3 Å². The lowest BCUT2D eigenvalue weighted by atomic mass is 9.92. The summed E-state index contributed by atoms with van der Waals surface area (Å²) < 4.78 is 5.48. The van der Waals surface area contributed by atoms with Crippen LogP contribution >= 0.6 is 0 Å². The van der Waals surface area contributed by atoms with E-state index < -0.39 is 0 Å². The van der Waals surface area contributed by atoms with Gasteiger partial charge in [-0.3, -0.25) is 0 Å². The van der Waals surface area contributed by atoms with Crippen molar-refractivity contribution in [2.45, 2.75) is 26.2 Å². The largest absolute Gasteiger partial charge is 0.495 e. The van der Waals surface area contributed by atoms with E-state index in [0.29, 0.717) is 0 Å². The molecule has 1 saturated heterocycles. The van der Waals surface area contributed by atoms with Crippen molar-refractivity contribution >= 4 is 11.5 Å². The van der Waals surface area contributed by atoms with Crippen molar-refractivity contribution in [3.63, 3.8) is 0 Å². The smallest absolute Gasteiger partial charge is 0.151 e. The number of hydrogen-bond donors (Lipinski definition) is 0. The fraction of sp³-hybridized carbons (Fsp3) is 0.474. The van der Waals surface area contributed by atoms with E-state index in [1.54, 1.807) is 7.11 Å². The zero-order chi connectivity index (χ0) is 17.2. The Labute approximate surface area is 144 Å². The number of anilines is 2. The van der Waals surface area contributed by atoms with Crippen LogP contribution in [0.5, 0.6) is 5.75 Å². The number of methoxy groups -OCH3 is 1. The standard InChI is InChI=1S/C19H26N4O/c1-19(2,3)17-9-10-18(21-20-17)23-13-11-22(12-14-23)15-7-5-6-8-16(15)24-4/h5-10H,11-14H2,1-4H3. The molecule has 0 aliphatic carbocycles. The molecule has 3 rings (SSSR count). The Bertz CT molecular complexity index is 671. The summed E-state index contributed by atoms with van der Waals surface area (Å²) in [6.45, 7) is 10.2. The van der Waals surface area contributed by atoms with Gasteiger partial charge < -0.3 is 14.5 Å². The summed E-state index contributed by atoms with van der Waals surface area (Å²) in [5, 5.41) is 8.84. The van der Waals surface area contributed by atoms with Gasteiger partial charge in [-0.25, -0.2) is 0 Å². The molecule has 1 aliphatic rings. The molecule has 0 atom stereocenters. The molecule has 0 spiro atoms. The van der Waals surface area contributed by atoms with Gasteiger partial charge in [-0.1, -0.05) is 32.9 Å². The van der Waals surface area contributed by atoms with Crippen LogP contribution in [0.4, 0.5) is 11.5 Å². The molecule has 0 bridgehead atoms. The number of aromatic nitrogens is 2. The van der Waals surface area contributed by atoms with E-state index in [4.69, 9.17) is 4.74 Å². The van der Waals surface area contributed by atoms with Crippen LogP contribution in [0.2, 0.25) is 0 Å². The van der Waals surface area contributed by atoms with Gasteiger partial charge >= 0.3 is 0 Å². The highest BCUT2D eigenvalue weighted by atomic mass is 16.5. The maximum absolute atomic E-state index is 5.48. The minimum atomic E-state index is 0.0358. The Kier molecular flexibility index (Phi) is 4.60. The van der Waals surface area contributed by atoms with Crippen LogP contribution in [-0.4, -0.2) is 43.5 Å². The summed E-state index contributed by atoms with van der Waals surface area (Å²) in [4.78, 5) is 4.66. The zero-order valence-corrected chi connectivity index (χ0v) is 15.0. The monoisotopic (exact) mass is 326 g/mol. The Morgan fingerprint density at radius 1 is 0.875 bits per heavy atom. The highest BCUT2D eigenvalue weighted by Crippen LogP contribution is 2.29. The molecule has 1 fully saturated rings. The molecular weight excluding hydrogens is 300 g/mol. The molecule has 0 radical (unpaired) electrons. The van der Waals surface area contributed by atoms with Gasteiger partial charge in [0.05, 0.1) is 18.5 Å². The van der Waals surface area contributed by atoms with Gasteiger partial charge in [-0.2, -0.15) is 5.10 Å². The first-order valence-electron chi connectivity index (χ1n) is 8.46. The Morgan fingerprint density at radius 3 is 2.12 bits per heavy atom. The van der Waals surface area contributed by atoms with Crippen molar-refractivity contribution in [3.05, 3.63) is 42.1 Å². The van der Waals surface area contributed by atoms with Gasteiger partial charge in [0.25, 0.3) is 0 Å². The fourth-order valence-corrected chi connectivity index (χ4v) is 2.96. The molecule has 5 nitrogen and oxygen atoms in total. The van der Waals surface area contributed by atoms with Crippen LogP contribution in [0.1, 0.15) is 26.5 Å². The Hall–Kier alpha value is -2.30. The van der Waals surface area contributed by atoms with Gasteiger partial charge in [0.2, 0.25) is 0 Å². The summed E-state index contributed by atoms with van der Waals surface area (Å²) in [5.41, 5.74) is 2.22. The lowest BCUT2D eigenvalue weighted by molar-refractivity contribution is 0.413. The Balaban J connectivity index is 1.67. The predicted octanol–water partition coefficient (Wildman–Crippen LogP) is 3.11. The summed E-state index contributed by atoms with van der Waals surface area (Å²) in [6.07, 6.45) is 0. The number of hydrogen-bond acceptors (Lipinski definition) is 5. The van der Waals surface area contributed by atoms with Crippen LogP contribution in [0.3, 0.4) is 0 Å². The molecule has 1 aliphatic heterocycles. The van der Waals surface area contributed by atoms with E-state index in [-0.39, 0.29) is 5.41 Å². The highest BCUT2D eigenvalue weighted by molar-refractivity contribution is 5.59. The average molecular weight is 326 g/mol. The van der Waals surface area contributed by atoms with E-state index in [9.17, 15) is 0 Å². The molecule has 0 saturated carbocycles. The van der Waals surface area contributed by atoms with Crippen LogP contribution in [0, 0.1) is 0 Å². The van der Waals surface area contributed by atoms with Gasteiger partial charge in [0.1, 0.15) is 5.75 Å². The van der Waals surface area contributed by atoms with Crippen molar-refractivity contribution in [2.24, 2.45) is 0 Å². The van der Waals surface area contributed by atoms with E-state index in [0.717, 1.165) is 49.1 Å². The molecule has 0 unspecified atom stereocenters. The number of nitrogens with zero attached hydrogens (tertiary/aromatic N) is 4. The fourth-order valence-electron chi connectivity index (χ4n) is 2.96. The minimum absolute atomic E-state index is 0.0358. The van der Waals surface area contributed by atoms with Crippen LogP contribution in [-0.2, 0) is 5.41 Å². The number of para-hydroxylation sites is 2. The number of piperazine rings is 1. The van der Waals surface area contributed by atoms with E-state index in [1.807, 2.05) is 12.1 Å². The van der Waals surface area contributed by atoms with Crippen molar-refractivity contribution in [1.29, 1.82) is 0 Å². The highest BCUT2D eigenvalue weighted by Gasteiger charge is 2.22. The number of benzene rings is 1. The second-order valence-corrected chi connectivity index (χ2v) is 7.17. The molecule has 128 valence electrons. The Morgan fingerprint density at radius 2 is 1.54 bits per heavy atom. The van der Waals surface area contributed by atoms with Gasteiger partial charge in [0.15, 0.2) is 5.82 Å². The maximum atomic E-state index is 5.48. The van der Waals surface area contributed by atoms with E-state index >= 15 is 0 Å². The predicted molar refractivity (Wildman–Crippen MR) is 98.2 cm³/mol. The maximum Gasteiger partial charge on any atom is 0.151 e. The van der Waals surface area contributed by atoms with E-state index in [1.165, 1.54) is 0 Å². The average Bonchev–Trinajstić information content (AvgIpc) is 2.61.